The van der Waals surface area contributed by atoms with Gasteiger partial charge in [-0.05, 0) is 6.92 Å². The lowest BCUT2D eigenvalue weighted by atomic mass is 10.3. The molecule has 0 aromatic rings. The number of aliphatic carboxylic acids is 1. The molecule has 0 bridgehead atoms. The molecule has 1 rings (SSSR count). The van der Waals surface area contributed by atoms with Gasteiger partial charge < -0.3 is 5.11 Å². The molecule has 0 spiro atoms. The first-order valence-electron chi connectivity index (χ1n) is 3.66. The van der Waals surface area contributed by atoms with Gasteiger partial charge in [0.05, 0.1) is 19.4 Å². The zero-order chi connectivity index (χ0) is 9.14. The van der Waals surface area contributed by atoms with Gasteiger partial charge in [-0.15, -0.1) is 0 Å². The topological polar surface area (TPSA) is 70.0 Å². The zero-order valence-corrected chi connectivity index (χ0v) is 6.78. The summed E-state index contributed by atoms with van der Waals surface area (Å²) in [6.07, 6.45) is 0.266. The Morgan fingerprint density at radius 2 is 2.42 bits per heavy atom. The minimum Gasteiger partial charge on any atom is -0.481 e. The third kappa shape index (κ3) is 2.05. The van der Waals surface area contributed by atoms with Crippen LogP contribution in [0.4, 0.5) is 0 Å². The number of carboxylic acids is 1. The SMILES string of the molecule is CC1=NN(CCC(=O)O)C(=O)C1. The number of rotatable bonds is 3. The molecule has 0 aromatic carbocycles. The molecule has 0 saturated carbocycles. The van der Waals surface area contributed by atoms with E-state index in [1.54, 1.807) is 6.92 Å². The number of hydrogen-bond acceptors (Lipinski definition) is 3. The molecule has 0 unspecified atom stereocenters. The van der Waals surface area contributed by atoms with Crippen molar-refractivity contribution in [1.82, 2.24) is 5.01 Å². The Morgan fingerprint density at radius 1 is 1.75 bits per heavy atom. The molecule has 12 heavy (non-hydrogen) atoms. The Labute approximate surface area is 69.7 Å². The number of amides is 1. The van der Waals surface area contributed by atoms with E-state index in [2.05, 4.69) is 5.10 Å². The van der Waals surface area contributed by atoms with Gasteiger partial charge in [0.15, 0.2) is 0 Å². The van der Waals surface area contributed by atoms with Crippen LogP contribution in [0.1, 0.15) is 19.8 Å². The second kappa shape index (κ2) is 3.34. The predicted octanol–water partition coefficient (Wildman–Crippen LogP) is 0.0693. The minimum atomic E-state index is -0.914. The molecule has 1 N–H and O–H groups in total. The fourth-order valence-electron chi connectivity index (χ4n) is 0.984. The summed E-state index contributed by atoms with van der Waals surface area (Å²) in [6, 6.07) is 0. The molecule has 1 aliphatic heterocycles. The highest BCUT2D eigenvalue weighted by molar-refractivity contribution is 6.03. The van der Waals surface area contributed by atoms with Crippen molar-refractivity contribution < 1.29 is 14.7 Å². The highest BCUT2D eigenvalue weighted by Gasteiger charge is 2.20. The molecule has 0 aromatic heterocycles. The predicted molar refractivity (Wildman–Crippen MR) is 41.7 cm³/mol. The maximum Gasteiger partial charge on any atom is 0.305 e. The van der Waals surface area contributed by atoms with Gasteiger partial charge in [0.1, 0.15) is 0 Å². The summed E-state index contributed by atoms with van der Waals surface area (Å²) in [4.78, 5) is 21.2. The molecule has 5 heteroatoms. The van der Waals surface area contributed by atoms with Crippen molar-refractivity contribution in [1.29, 1.82) is 0 Å². The Balaban J connectivity index is 2.42. The summed E-state index contributed by atoms with van der Waals surface area (Å²) in [6.45, 7) is 1.92. The fraction of sp³-hybridized carbons (Fsp3) is 0.571. The summed E-state index contributed by atoms with van der Waals surface area (Å²) in [7, 11) is 0. The van der Waals surface area contributed by atoms with Crippen LogP contribution in [0.15, 0.2) is 5.10 Å². The Bertz CT molecular complexity index is 247. The first-order chi connectivity index (χ1) is 5.59. The summed E-state index contributed by atoms with van der Waals surface area (Å²) < 4.78 is 0. The van der Waals surface area contributed by atoms with E-state index in [1.807, 2.05) is 0 Å². The fourth-order valence-corrected chi connectivity index (χ4v) is 0.984. The van der Waals surface area contributed by atoms with Crippen LogP contribution in [0.25, 0.3) is 0 Å². The van der Waals surface area contributed by atoms with Crippen molar-refractivity contribution in [2.24, 2.45) is 5.10 Å². The van der Waals surface area contributed by atoms with Crippen molar-refractivity contribution >= 4 is 17.6 Å². The van der Waals surface area contributed by atoms with Crippen LogP contribution in [-0.4, -0.2) is 34.2 Å². The number of hydrogen-bond donors (Lipinski definition) is 1. The highest BCUT2D eigenvalue weighted by Crippen LogP contribution is 2.07. The van der Waals surface area contributed by atoms with E-state index < -0.39 is 5.97 Å². The third-order valence-corrected chi connectivity index (χ3v) is 1.52. The van der Waals surface area contributed by atoms with Crippen LogP contribution in [-0.2, 0) is 9.59 Å². The van der Waals surface area contributed by atoms with E-state index in [0.717, 1.165) is 5.71 Å². The van der Waals surface area contributed by atoms with Crippen LogP contribution in [0.3, 0.4) is 0 Å². The Kier molecular flexibility index (Phi) is 2.42. The van der Waals surface area contributed by atoms with Crippen LogP contribution < -0.4 is 0 Å². The van der Waals surface area contributed by atoms with Crippen molar-refractivity contribution in [2.45, 2.75) is 19.8 Å². The van der Waals surface area contributed by atoms with E-state index in [9.17, 15) is 9.59 Å². The molecule has 0 atom stereocenters. The van der Waals surface area contributed by atoms with Crippen molar-refractivity contribution in [2.75, 3.05) is 6.54 Å². The lowest BCUT2D eigenvalue weighted by molar-refractivity contribution is -0.138. The Hall–Kier alpha value is -1.39. The quantitative estimate of drug-likeness (QED) is 0.651. The van der Waals surface area contributed by atoms with Crippen LogP contribution in [0.2, 0.25) is 0 Å². The normalized spacial score (nSPS) is 16.6. The molecule has 1 aliphatic rings. The molecule has 0 radical (unpaired) electrons. The van der Waals surface area contributed by atoms with Gasteiger partial charge in [-0.3, -0.25) is 9.59 Å². The average Bonchev–Trinajstić information content (AvgIpc) is 2.26. The van der Waals surface area contributed by atoms with E-state index in [4.69, 9.17) is 5.11 Å². The van der Waals surface area contributed by atoms with Gasteiger partial charge in [0, 0.05) is 5.71 Å². The number of carbonyl (C=O) groups is 2. The van der Waals surface area contributed by atoms with Gasteiger partial charge >= 0.3 is 5.97 Å². The summed E-state index contributed by atoms with van der Waals surface area (Å²) in [5.41, 5.74) is 0.741. The van der Waals surface area contributed by atoms with E-state index in [1.165, 1.54) is 5.01 Å². The number of nitrogens with zero attached hydrogens (tertiary/aromatic N) is 2. The number of carboxylic acid groups (broad SMARTS) is 1. The van der Waals surface area contributed by atoms with E-state index in [-0.39, 0.29) is 18.9 Å². The maximum absolute atomic E-state index is 11.0. The number of carbonyl (C=O) groups excluding carboxylic acids is 1. The highest BCUT2D eigenvalue weighted by atomic mass is 16.4. The lowest BCUT2D eigenvalue weighted by Crippen LogP contribution is -2.23. The first kappa shape index (κ1) is 8.70. The summed E-state index contributed by atoms with van der Waals surface area (Å²) in [5, 5.41) is 13.4. The van der Waals surface area contributed by atoms with Crippen molar-refractivity contribution in [3.05, 3.63) is 0 Å². The van der Waals surface area contributed by atoms with E-state index >= 15 is 0 Å². The lowest BCUT2D eigenvalue weighted by Gasteiger charge is -2.08. The standard InChI is InChI=1S/C7H10N2O3/c1-5-4-6(10)9(8-5)3-2-7(11)12/h2-4H2,1H3,(H,11,12). The molecule has 0 fully saturated rings. The Morgan fingerprint density at radius 3 is 2.83 bits per heavy atom. The second-order valence-electron chi connectivity index (χ2n) is 2.67. The molecule has 0 saturated heterocycles. The average molecular weight is 170 g/mol. The monoisotopic (exact) mass is 170 g/mol. The third-order valence-electron chi connectivity index (χ3n) is 1.52. The summed E-state index contributed by atoms with van der Waals surface area (Å²) >= 11 is 0. The van der Waals surface area contributed by atoms with Crippen LogP contribution >= 0.6 is 0 Å². The van der Waals surface area contributed by atoms with Gasteiger partial charge in [-0.2, -0.15) is 5.10 Å². The zero-order valence-electron chi connectivity index (χ0n) is 6.78. The van der Waals surface area contributed by atoms with E-state index in [0.29, 0.717) is 6.42 Å². The van der Waals surface area contributed by atoms with Gasteiger partial charge in [0.2, 0.25) is 5.91 Å². The van der Waals surface area contributed by atoms with Crippen molar-refractivity contribution in [3.63, 3.8) is 0 Å². The van der Waals surface area contributed by atoms with Gasteiger partial charge in [-0.25, -0.2) is 5.01 Å². The molecular formula is C7H10N2O3. The van der Waals surface area contributed by atoms with Gasteiger partial charge in [-0.1, -0.05) is 0 Å². The summed E-state index contributed by atoms with van der Waals surface area (Å²) in [5.74, 6) is -1.03. The van der Waals surface area contributed by atoms with Crippen LogP contribution in [0, 0.1) is 0 Å². The van der Waals surface area contributed by atoms with Crippen molar-refractivity contribution in [3.8, 4) is 0 Å². The molecule has 66 valence electrons. The number of hydrazone groups is 1. The van der Waals surface area contributed by atoms with Crippen LogP contribution in [0.5, 0.6) is 0 Å². The maximum atomic E-state index is 11.0. The molecular weight excluding hydrogens is 160 g/mol. The van der Waals surface area contributed by atoms with Gasteiger partial charge in [0.25, 0.3) is 0 Å². The molecule has 1 amide bonds. The molecule has 5 nitrogen and oxygen atoms in total. The second-order valence-corrected chi connectivity index (χ2v) is 2.67. The minimum absolute atomic E-state index is 0.0531. The molecule has 0 aliphatic carbocycles. The smallest absolute Gasteiger partial charge is 0.305 e. The molecule has 1 heterocycles. The first-order valence-corrected chi connectivity index (χ1v) is 3.66. The largest absolute Gasteiger partial charge is 0.481 e.